The first kappa shape index (κ1) is 23.8. The van der Waals surface area contributed by atoms with Crippen LogP contribution in [0.25, 0.3) is 11.3 Å². The first-order valence-electron chi connectivity index (χ1n) is 11.9. The first-order valence-corrected chi connectivity index (χ1v) is 12.3. The van der Waals surface area contributed by atoms with Crippen molar-refractivity contribution in [2.45, 2.75) is 33.1 Å². The predicted molar refractivity (Wildman–Crippen MR) is 140 cm³/mol. The van der Waals surface area contributed by atoms with Crippen molar-refractivity contribution in [2.24, 2.45) is 13.0 Å². The van der Waals surface area contributed by atoms with Crippen LogP contribution in [0.2, 0.25) is 0 Å². The summed E-state index contributed by atoms with van der Waals surface area (Å²) in [5.41, 5.74) is 5.46. The third-order valence-corrected chi connectivity index (χ3v) is 7.04. The molecule has 0 bridgehead atoms. The molecular weight excluding hydrogens is 474 g/mol. The number of allylic oxidation sites excluding steroid dienone is 3. The van der Waals surface area contributed by atoms with Crippen molar-refractivity contribution in [3.05, 3.63) is 70.0 Å². The Balaban J connectivity index is 1.43. The van der Waals surface area contributed by atoms with E-state index in [-0.39, 0.29) is 18.2 Å². The lowest BCUT2D eigenvalue weighted by atomic mass is 9.90. The molecule has 1 N–H and O–H groups in total. The fourth-order valence-electron chi connectivity index (χ4n) is 4.83. The summed E-state index contributed by atoms with van der Waals surface area (Å²) >= 11 is 6.40. The van der Waals surface area contributed by atoms with Gasteiger partial charge in [0.2, 0.25) is 11.9 Å². The lowest BCUT2D eigenvalue weighted by Crippen LogP contribution is -2.30. The zero-order valence-corrected chi connectivity index (χ0v) is 21.2. The number of amides is 1. The number of nitriles is 1. The second kappa shape index (κ2) is 9.59. The SMILES string of the molecule is Cc1cc(Nc2nccc(-c3cc(C#N)c4c(c3)CCN4C(=O)CC3=C(Cl)C=CCC3C)n2)n(C)n1. The van der Waals surface area contributed by atoms with E-state index in [4.69, 9.17) is 11.6 Å². The third-order valence-electron chi connectivity index (χ3n) is 6.68. The van der Waals surface area contributed by atoms with Crippen LogP contribution < -0.4 is 10.2 Å². The minimum absolute atomic E-state index is 0.0340. The molecule has 0 saturated carbocycles. The highest BCUT2D eigenvalue weighted by atomic mass is 35.5. The average molecular weight is 500 g/mol. The monoisotopic (exact) mass is 499 g/mol. The number of benzene rings is 1. The van der Waals surface area contributed by atoms with Gasteiger partial charge in [0.15, 0.2) is 0 Å². The fraction of sp³-hybridized carbons (Fsp3) is 0.296. The van der Waals surface area contributed by atoms with E-state index in [9.17, 15) is 10.1 Å². The summed E-state index contributed by atoms with van der Waals surface area (Å²) < 4.78 is 1.73. The van der Waals surface area contributed by atoms with Gasteiger partial charge in [-0.2, -0.15) is 10.4 Å². The van der Waals surface area contributed by atoms with Gasteiger partial charge in [-0.3, -0.25) is 9.48 Å². The van der Waals surface area contributed by atoms with Gasteiger partial charge in [-0.15, -0.1) is 0 Å². The van der Waals surface area contributed by atoms with Crippen LogP contribution in [0.5, 0.6) is 0 Å². The highest BCUT2D eigenvalue weighted by molar-refractivity contribution is 6.31. The molecule has 1 atom stereocenters. The number of hydrogen-bond donors (Lipinski definition) is 1. The normalized spacial score (nSPS) is 16.8. The average Bonchev–Trinajstić information content (AvgIpc) is 3.43. The van der Waals surface area contributed by atoms with Crippen LogP contribution in [0.4, 0.5) is 17.5 Å². The Morgan fingerprint density at radius 2 is 2.17 bits per heavy atom. The van der Waals surface area contributed by atoms with Gasteiger partial charge in [0, 0.05) is 36.5 Å². The van der Waals surface area contributed by atoms with E-state index >= 15 is 0 Å². The zero-order chi connectivity index (χ0) is 25.4. The number of hydrogen-bond acceptors (Lipinski definition) is 6. The molecule has 5 rings (SSSR count). The number of carbonyl (C=O) groups excluding carboxylic acids is 1. The molecule has 36 heavy (non-hydrogen) atoms. The maximum absolute atomic E-state index is 13.3. The molecule has 182 valence electrons. The van der Waals surface area contributed by atoms with E-state index in [1.807, 2.05) is 44.3 Å². The van der Waals surface area contributed by atoms with Gasteiger partial charge < -0.3 is 10.2 Å². The van der Waals surface area contributed by atoms with Crippen molar-refractivity contribution in [1.29, 1.82) is 5.26 Å². The Kier molecular flexibility index (Phi) is 6.33. The second-order valence-electron chi connectivity index (χ2n) is 9.21. The van der Waals surface area contributed by atoms with E-state index in [1.54, 1.807) is 21.8 Å². The molecule has 3 heterocycles. The maximum Gasteiger partial charge on any atom is 0.231 e. The molecule has 0 spiro atoms. The molecule has 8 nitrogen and oxygen atoms in total. The molecule has 0 radical (unpaired) electrons. The standard InChI is InChI=1S/C27H26ClN7O/c1-16-5-4-6-22(28)21(16)14-25(36)35-10-8-18-12-19(13-20(15-29)26(18)35)23-7-9-30-27(31-23)32-24-11-17(2)33-34(24)3/h4,6-7,9,11-13,16H,5,8,10,14H2,1-3H3,(H,30,31,32). The Bertz CT molecular complexity index is 1460. The molecular formula is C27H26ClN7O. The first-order chi connectivity index (χ1) is 17.3. The van der Waals surface area contributed by atoms with Crippen molar-refractivity contribution >= 4 is 35.0 Å². The van der Waals surface area contributed by atoms with Crippen molar-refractivity contribution < 1.29 is 4.79 Å². The molecule has 1 aliphatic heterocycles. The van der Waals surface area contributed by atoms with E-state index in [0.29, 0.717) is 40.9 Å². The fourth-order valence-corrected chi connectivity index (χ4v) is 5.17. The van der Waals surface area contributed by atoms with Crippen molar-refractivity contribution in [3.8, 4) is 17.3 Å². The van der Waals surface area contributed by atoms with Gasteiger partial charge in [-0.05, 0) is 61.1 Å². The van der Waals surface area contributed by atoms with Crippen LogP contribution in [0.3, 0.4) is 0 Å². The van der Waals surface area contributed by atoms with Crippen LogP contribution in [0.1, 0.15) is 36.6 Å². The van der Waals surface area contributed by atoms with Gasteiger partial charge in [-0.1, -0.05) is 24.6 Å². The molecule has 9 heteroatoms. The maximum atomic E-state index is 13.3. The molecule has 3 aromatic rings. The lowest BCUT2D eigenvalue weighted by Gasteiger charge is -2.23. The van der Waals surface area contributed by atoms with Gasteiger partial charge in [-0.25, -0.2) is 9.97 Å². The minimum Gasteiger partial charge on any atom is -0.310 e. The summed E-state index contributed by atoms with van der Waals surface area (Å²) in [6, 6.07) is 9.83. The van der Waals surface area contributed by atoms with E-state index < -0.39 is 0 Å². The highest BCUT2D eigenvalue weighted by Crippen LogP contribution is 2.38. The minimum atomic E-state index is -0.0340. The summed E-state index contributed by atoms with van der Waals surface area (Å²) in [5, 5.41) is 18.1. The van der Waals surface area contributed by atoms with Gasteiger partial charge in [0.05, 0.1) is 29.1 Å². The quantitative estimate of drug-likeness (QED) is 0.520. The lowest BCUT2D eigenvalue weighted by molar-refractivity contribution is -0.118. The van der Waals surface area contributed by atoms with E-state index in [1.165, 1.54) is 0 Å². The molecule has 2 aromatic heterocycles. The van der Waals surface area contributed by atoms with Crippen LogP contribution in [-0.4, -0.2) is 32.2 Å². The zero-order valence-electron chi connectivity index (χ0n) is 20.4. The van der Waals surface area contributed by atoms with Gasteiger partial charge in [0.1, 0.15) is 11.9 Å². The number of nitrogens with one attached hydrogen (secondary N) is 1. The number of aryl methyl sites for hydroxylation is 2. The van der Waals surface area contributed by atoms with Crippen molar-refractivity contribution in [3.63, 3.8) is 0 Å². The number of carbonyl (C=O) groups is 1. The summed E-state index contributed by atoms with van der Waals surface area (Å²) in [7, 11) is 1.85. The highest BCUT2D eigenvalue weighted by Gasteiger charge is 2.30. The Labute approximate surface area is 214 Å². The smallest absolute Gasteiger partial charge is 0.231 e. The summed E-state index contributed by atoms with van der Waals surface area (Å²) in [4.78, 5) is 24.0. The van der Waals surface area contributed by atoms with Crippen LogP contribution >= 0.6 is 11.6 Å². The molecule has 1 unspecified atom stereocenters. The summed E-state index contributed by atoms with van der Waals surface area (Å²) in [6.45, 7) is 4.54. The molecule has 1 aliphatic carbocycles. The van der Waals surface area contributed by atoms with Crippen molar-refractivity contribution in [2.75, 3.05) is 16.8 Å². The number of anilines is 3. The second-order valence-corrected chi connectivity index (χ2v) is 9.62. The predicted octanol–water partition coefficient (Wildman–Crippen LogP) is 5.17. The van der Waals surface area contributed by atoms with Crippen LogP contribution in [0.15, 0.2) is 53.2 Å². The summed E-state index contributed by atoms with van der Waals surface area (Å²) in [6.07, 6.45) is 7.39. The Hall–Kier alpha value is -3.96. The molecule has 2 aliphatic rings. The third kappa shape index (κ3) is 4.50. The number of nitrogens with zero attached hydrogens (tertiary/aromatic N) is 6. The topological polar surface area (TPSA) is 99.7 Å². The van der Waals surface area contributed by atoms with Gasteiger partial charge >= 0.3 is 0 Å². The molecule has 1 amide bonds. The van der Waals surface area contributed by atoms with E-state index in [0.717, 1.165) is 34.6 Å². The summed E-state index contributed by atoms with van der Waals surface area (Å²) in [5.74, 6) is 1.41. The number of fused-ring (bicyclic) bond motifs is 1. The Morgan fingerprint density at radius 1 is 1.33 bits per heavy atom. The molecule has 0 saturated heterocycles. The van der Waals surface area contributed by atoms with Crippen LogP contribution in [-0.2, 0) is 18.3 Å². The van der Waals surface area contributed by atoms with Crippen molar-refractivity contribution in [1.82, 2.24) is 19.7 Å². The van der Waals surface area contributed by atoms with E-state index in [2.05, 4.69) is 33.4 Å². The Morgan fingerprint density at radius 3 is 2.89 bits per heavy atom. The van der Waals surface area contributed by atoms with Crippen LogP contribution in [0, 0.1) is 24.2 Å². The number of aromatic nitrogens is 4. The number of rotatable bonds is 5. The molecule has 0 fully saturated rings. The number of halogens is 1. The largest absolute Gasteiger partial charge is 0.310 e. The van der Waals surface area contributed by atoms with Gasteiger partial charge in [0.25, 0.3) is 0 Å². The molecule has 1 aromatic carbocycles.